The second-order valence-corrected chi connectivity index (χ2v) is 18.6. The Morgan fingerprint density at radius 2 is 1.14 bits per heavy atom. The zero-order chi connectivity index (χ0) is 42.8. The lowest BCUT2D eigenvalue weighted by molar-refractivity contribution is -0.149. The summed E-state index contributed by atoms with van der Waals surface area (Å²) in [6, 6.07) is -4.75. The molecule has 0 bridgehead atoms. The zero-order valence-electron chi connectivity index (χ0n) is 37.1. The van der Waals surface area contributed by atoms with Crippen LogP contribution in [0.25, 0.3) is 0 Å². The van der Waals surface area contributed by atoms with E-state index < -0.39 is 54.2 Å². The summed E-state index contributed by atoms with van der Waals surface area (Å²) in [7, 11) is 4.75. The molecule has 7 atom stereocenters. The van der Waals surface area contributed by atoms with E-state index in [-0.39, 0.29) is 59.6 Å². The first-order valence-corrected chi connectivity index (χ1v) is 21.0. The van der Waals surface area contributed by atoms with Crippen LogP contribution in [0.1, 0.15) is 128 Å². The van der Waals surface area contributed by atoms with Crippen LogP contribution in [0.5, 0.6) is 0 Å². The minimum absolute atomic E-state index is 0.0232. The number of fused-ring (bicyclic) bond motifs is 1. The normalized spacial score (nSPS) is 27.6. The average molecular weight is 789 g/mol. The van der Waals surface area contributed by atoms with E-state index >= 15 is 0 Å². The number of aliphatic hydroxyl groups is 1. The average Bonchev–Trinajstić information content (AvgIpc) is 3.59. The molecule has 0 unspecified atom stereocenters. The maximum Gasteiger partial charge on any atom is 0.249 e. The van der Waals surface area contributed by atoms with E-state index in [1.165, 1.54) is 14.7 Å². The van der Waals surface area contributed by atoms with Gasteiger partial charge in [-0.2, -0.15) is 0 Å². The predicted molar refractivity (Wildman–Crippen MR) is 220 cm³/mol. The SMILES string of the molecule is CC1=C[C@H](CC(C)C)NC(=O)[C@@H]2CCCN2C(=O)[C@@H](CC(C)C)N(C)C(=O)C[C@H](O)[C@H](CC(C)C)NC(=O)[C@@H](CC(C)C)N(C)C(=O)[C@@H](CC(C)C)N(C)C1=O. The monoisotopic (exact) mass is 789 g/mol. The zero-order valence-corrected chi connectivity index (χ0v) is 37.1. The molecule has 1 saturated heterocycles. The van der Waals surface area contributed by atoms with E-state index in [9.17, 15) is 33.9 Å². The van der Waals surface area contributed by atoms with E-state index in [2.05, 4.69) is 10.6 Å². The molecule has 13 heteroatoms. The molecule has 2 aliphatic heterocycles. The van der Waals surface area contributed by atoms with Crippen LogP contribution in [0, 0.1) is 29.6 Å². The van der Waals surface area contributed by atoms with Crippen LogP contribution in [0.2, 0.25) is 0 Å². The van der Waals surface area contributed by atoms with Gasteiger partial charge < -0.3 is 35.3 Å². The van der Waals surface area contributed by atoms with Gasteiger partial charge in [0.2, 0.25) is 35.4 Å². The topological polar surface area (TPSA) is 160 Å². The summed E-state index contributed by atoms with van der Waals surface area (Å²) >= 11 is 0. The van der Waals surface area contributed by atoms with E-state index in [1.54, 1.807) is 39.0 Å². The molecule has 0 spiro atoms. The minimum Gasteiger partial charge on any atom is -0.390 e. The molecule has 0 aromatic heterocycles. The van der Waals surface area contributed by atoms with Gasteiger partial charge in [-0.1, -0.05) is 75.3 Å². The van der Waals surface area contributed by atoms with Crippen molar-refractivity contribution >= 4 is 35.4 Å². The van der Waals surface area contributed by atoms with E-state index in [0.29, 0.717) is 57.1 Å². The Labute approximate surface area is 337 Å². The van der Waals surface area contributed by atoms with E-state index in [4.69, 9.17) is 0 Å². The van der Waals surface area contributed by atoms with Gasteiger partial charge in [-0.3, -0.25) is 28.8 Å². The molecule has 1 fully saturated rings. The number of nitrogens with zero attached hydrogens (tertiary/aromatic N) is 4. The molecule has 2 aliphatic rings. The second-order valence-electron chi connectivity index (χ2n) is 18.6. The third kappa shape index (κ3) is 13.9. The Morgan fingerprint density at radius 3 is 1.66 bits per heavy atom. The summed E-state index contributed by atoms with van der Waals surface area (Å²) in [5.74, 6) is -1.96. The van der Waals surface area contributed by atoms with Gasteiger partial charge in [0.05, 0.1) is 18.6 Å². The molecule has 0 aromatic rings. The highest BCUT2D eigenvalue weighted by molar-refractivity contribution is 5.98. The standard InChI is InChI=1S/C43H76N6O7/c1-25(2)18-31-23-30(11)41(54)48(14)35(21-28(7)8)42(55)47(13)34(20-27(5)6)40(53)45-32(19-26(3)4)37(50)24-38(51)46(12)36(22-29(9)10)43(56)49-17-15-16-33(49)39(52)44-31/h23,25-29,31-37,50H,15-22,24H2,1-14H3,(H,44,52)(H,45,53)/t31-,32-,33-,34+,35+,36+,37-/m0/s1. The lowest BCUT2D eigenvalue weighted by Gasteiger charge is -2.37. The fourth-order valence-corrected chi connectivity index (χ4v) is 8.00. The minimum atomic E-state index is -1.28. The third-order valence-corrected chi connectivity index (χ3v) is 11.0. The van der Waals surface area contributed by atoms with Gasteiger partial charge in [0, 0.05) is 39.3 Å². The molecule has 13 nitrogen and oxygen atoms in total. The molecule has 6 amide bonds. The Hall–Kier alpha value is -3.48. The van der Waals surface area contributed by atoms with Crippen LogP contribution in [-0.2, 0) is 28.8 Å². The quantitative estimate of drug-likeness (QED) is 0.297. The van der Waals surface area contributed by atoms with Crippen LogP contribution in [0.15, 0.2) is 11.6 Å². The smallest absolute Gasteiger partial charge is 0.249 e. The van der Waals surface area contributed by atoms with Crippen molar-refractivity contribution in [1.29, 1.82) is 0 Å². The summed E-state index contributed by atoms with van der Waals surface area (Å²) in [4.78, 5) is 91.0. The molecule has 0 radical (unpaired) electrons. The Kier molecular flexibility index (Phi) is 19.0. The van der Waals surface area contributed by atoms with Gasteiger partial charge in [0.25, 0.3) is 0 Å². The highest BCUT2D eigenvalue weighted by atomic mass is 16.3. The number of nitrogens with one attached hydrogen (secondary N) is 2. The van der Waals surface area contributed by atoms with Crippen LogP contribution in [-0.4, -0.2) is 130 Å². The largest absolute Gasteiger partial charge is 0.390 e. The summed E-state index contributed by atoms with van der Waals surface area (Å²) < 4.78 is 0. The summed E-state index contributed by atoms with van der Waals surface area (Å²) in [5, 5.41) is 17.7. The maximum atomic E-state index is 14.5. The van der Waals surface area contributed by atoms with Gasteiger partial charge in [0.1, 0.15) is 24.2 Å². The van der Waals surface area contributed by atoms with Gasteiger partial charge in [-0.15, -0.1) is 0 Å². The molecule has 2 heterocycles. The third-order valence-electron chi connectivity index (χ3n) is 11.0. The molecule has 0 aliphatic carbocycles. The number of amides is 6. The Balaban J connectivity index is 2.79. The van der Waals surface area contributed by atoms with Crippen LogP contribution in [0.4, 0.5) is 0 Å². The van der Waals surface area contributed by atoms with Crippen molar-refractivity contribution in [3.05, 3.63) is 11.6 Å². The molecule has 0 saturated carbocycles. The molecule has 0 aromatic carbocycles. The first-order chi connectivity index (χ1) is 26.0. The molecule has 3 N–H and O–H groups in total. The number of rotatable bonds is 10. The van der Waals surface area contributed by atoms with Gasteiger partial charge in [0.15, 0.2) is 0 Å². The summed E-state index contributed by atoms with van der Waals surface area (Å²) in [5.41, 5.74) is 0.364. The number of aliphatic hydroxyl groups excluding tert-OH is 1. The number of carbonyl (C=O) groups excluding carboxylic acids is 6. The van der Waals surface area contributed by atoms with Gasteiger partial charge >= 0.3 is 0 Å². The van der Waals surface area contributed by atoms with Crippen LogP contribution in [0.3, 0.4) is 0 Å². The van der Waals surface area contributed by atoms with E-state index in [0.717, 1.165) is 0 Å². The molecular formula is C43H76N6O7. The lowest BCUT2D eigenvalue weighted by atomic mass is 9.94. The number of hydrogen-bond acceptors (Lipinski definition) is 7. The highest BCUT2D eigenvalue weighted by Gasteiger charge is 2.42. The summed E-state index contributed by atoms with van der Waals surface area (Å²) in [6.45, 7) is 21.8. The second kappa shape index (κ2) is 21.9. The number of carbonyl (C=O) groups is 6. The lowest BCUT2D eigenvalue weighted by Crippen LogP contribution is -2.58. The van der Waals surface area contributed by atoms with Gasteiger partial charge in [-0.25, -0.2) is 0 Å². The molecule has 320 valence electrons. The van der Waals surface area contributed by atoms with Crippen molar-refractivity contribution in [1.82, 2.24) is 30.2 Å². The van der Waals surface area contributed by atoms with Crippen molar-refractivity contribution in [3.63, 3.8) is 0 Å². The molecule has 56 heavy (non-hydrogen) atoms. The highest BCUT2D eigenvalue weighted by Crippen LogP contribution is 2.25. The fraction of sp³-hybridized carbons (Fsp3) is 0.814. The fourth-order valence-electron chi connectivity index (χ4n) is 8.00. The van der Waals surface area contributed by atoms with Crippen molar-refractivity contribution in [3.8, 4) is 0 Å². The van der Waals surface area contributed by atoms with Gasteiger partial charge in [-0.05, 0) is 81.5 Å². The molecular weight excluding hydrogens is 713 g/mol. The van der Waals surface area contributed by atoms with Crippen LogP contribution >= 0.6 is 0 Å². The van der Waals surface area contributed by atoms with E-state index in [1.807, 2.05) is 69.2 Å². The van der Waals surface area contributed by atoms with Crippen molar-refractivity contribution in [2.75, 3.05) is 27.7 Å². The first-order valence-electron chi connectivity index (χ1n) is 21.0. The van der Waals surface area contributed by atoms with Crippen molar-refractivity contribution in [2.45, 2.75) is 170 Å². The molecule has 2 rings (SSSR count). The number of hydrogen-bond donors (Lipinski definition) is 3. The Morgan fingerprint density at radius 1 is 0.643 bits per heavy atom. The first kappa shape index (κ1) is 48.7. The predicted octanol–water partition coefficient (Wildman–Crippen LogP) is 4.37. The number of likely N-dealkylation sites (N-methyl/N-ethyl adjacent to an activating group) is 3. The maximum absolute atomic E-state index is 14.5. The van der Waals surface area contributed by atoms with Crippen LogP contribution < -0.4 is 10.6 Å². The summed E-state index contributed by atoms with van der Waals surface area (Å²) in [6.07, 6.45) is 3.16. The van der Waals surface area contributed by atoms with Crippen molar-refractivity contribution in [2.24, 2.45) is 29.6 Å². The van der Waals surface area contributed by atoms with Crippen molar-refractivity contribution < 1.29 is 33.9 Å². The Bertz CT molecular complexity index is 1390.